The number of ether oxygens (including phenoxy) is 2. The summed E-state index contributed by atoms with van der Waals surface area (Å²) in [6.07, 6.45) is 5.12. The van der Waals surface area contributed by atoms with Gasteiger partial charge in [0.15, 0.2) is 5.75 Å². The third-order valence-electron chi connectivity index (χ3n) is 6.08. The van der Waals surface area contributed by atoms with Gasteiger partial charge in [-0.05, 0) is 63.3 Å². The number of fused-ring (bicyclic) bond motifs is 1. The maximum atomic E-state index is 13.2. The summed E-state index contributed by atoms with van der Waals surface area (Å²) in [5.41, 5.74) is 4.86. The molecule has 2 aromatic carbocycles. The Hall–Kier alpha value is -3.39. The Labute approximate surface area is 206 Å². The van der Waals surface area contributed by atoms with Gasteiger partial charge in [-0.1, -0.05) is 35.4 Å². The average molecular weight is 499 g/mol. The molecule has 186 valence electrons. The highest BCUT2D eigenvalue weighted by Crippen LogP contribution is 2.40. The second kappa shape index (κ2) is 10.9. The number of esters is 2. The number of carbonyl (C=O) groups excluding carboxylic acids is 2. The molecule has 1 aliphatic heterocycles. The van der Waals surface area contributed by atoms with Crippen LogP contribution in [0.3, 0.4) is 0 Å². The molecule has 1 heterocycles. The van der Waals surface area contributed by atoms with Crippen LogP contribution in [0.25, 0.3) is 0 Å². The van der Waals surface area contributed by atoms with E-state index in [0.717, 1.165) is 22.3 Å². The van der Waals surface area contributed by atoms with E-state index in [0.29, 0.717) is 30.4 Å². The van der Waals surface area contributed by atoms with Crippen LogP contribution in [0.4, 0.5) is 0 Å². The summed E-state index contributed by atoms with van der Waals surface area (Å²) in [4.78, 5) is 24.2. The fraction of sp³-hybridized carbons (Fsp3) is 0.333. The van der Waals surface area contributed by atoms with E-state index in [1.165, 1.54) is 19.2 Å². The number of methoxy groups -OCH3 is 1. The standard InChI is InChI=1S/C27H30O7S/c1-6-7-21-19(4)23-16-33-27(29)25(23)26(22(21)14-10-18(3)11-15-24(28)32-5)34-35(30,31)20-12-8-17(2)9-13-20/h6,8-10,12-13H,1,7,11,14-16H2,2-5H3/b18-10+. The highest BCUT2D eigenvalue weighted by atomic mass is 32.2. The van der Waals surface area contributed by atoms with Gasteiger partial charge < -0.3 is 13.7 Å². The zero-order valence-corrected chi connectivity index (χ0v) is 21.3. The number of allylic oxidation sites excluding steroid dienone is 3. The second-order valence-corrected chi connectivity index (χ2v) is 10.1. The second-order valence-electron chi connectivity index (χ2n) is 8.51. The Morgan fingerprint density at radius 1 is 1.11 bits per heavy atom. The Morgan fingerprint density at radius 3 is 2.43 bits per heavy atom. The van der Waals surface area contributed by atoms with Crippen LogP contribution in [0, 0.1) is 13.8 Å². The summed E-state index contributed by atoms with van der Waals surface area (Å²) >= 11 is 0. The van der Waals surface area contributed by atoms with Crippen LogP contribution in [0.2, 0.25) is 0 Å². The Balaban J connectivity index is 2.13. The van der Waals surface area contributed by atoms with E-state index in [4.69, 9.17) is 13.7 Å². The first-order valence-electron chi connectivity index (χ1n) is 11.3. The molecule has 0 saturated carbocycles. The number of aryl methyl sites for hydroxylation is 1. The van der Waals surface area contributed by atoms with Gasteiger partial charge in [-0.3, -0.25) is 4.79 Å². The molecule has 0 bridgehead atoms. The van der Waals surface area contributed by atoms with E-state index in [-0.39, 0.29) is 35.2 Å². The van der Waals surface area contributed by atoms with Gasteiger partial charge >= 0.3 is 22.1 Å². The Bertz CT molecular complexity index is 1290. The third-order valence-corrected chi connectivity index (χ3v) is 7.32. The van der Waals surface area contributed by atoms with Crippen molar-refractivity contribution in [3.63, 3.8) is 0 Å². The topological polar surface area (TPSA) is 96.0 Å². The largest absolute Gasteiger partial charge is 0.469 e. The first kappa shape index (κ1) is 26.2. The van der Waals surface area contributed by atoms with E-state index >= 15 is 0 Å². The third kappa shape index (κ3) is 5.82. The number of rotatable bonds is 10. The van der Waals surface area contributed by atoms with Crippen molar-refractivity contribution in [2.75, 3.05) is 7.11 Å². The smallest absolute Gasteiger partial charge is 0.342 e. The van der Waals surface area contributed by atoms with Crippen molar-refractivity contribution < 1.29 is 31.7 Å². The number of cyclic esters (lactones) is 1. The maximum absolute atomic E-state index is 13.2. The molecular formula is C27H30O7S. The van der Waals surface area contributed by atoms with Crippen molar-refractivity contribution in [1.82, 2.24) is 0 Å². The van der Waals surface area contributed by atoms with E-state index < -0.39 is 16.1 Å². The molecule has 0 aromatic heterocycles. The number of carbonyl (C=O) groups is 2. The minimum atomic E-state index is -4.22. The minimum Gasteiger partial charge on any atom is -0.469 e. The summed E-state index contributed by atoms with van der Waals surface area (Å²) in [7, 11) is -2.88. The molecule has 1 aliphatic rings. The number of hydrogen-bond acceptors (Lipinski definition) is 7. The lowest BCUT2D eigenvalue weighted by Crippen LogP contribution is -2.16. The van der Waals surface area contributed by atoms with Crippen LogP contribution >= 0.6 is 0 Å². The highest BCUT2D eigenvalue weighted by Gasteiger charge is 2.34. The zero-order chi connectivity index (χ0) is 25.8. The SMILES string of the molecule is C=CCc1c(C)c2c(c(OS(=O)(=O)c3ccc(C)cc3)c1C/C=C(\C)CCC(=O)OC)C(=O)OC2. The van der Waals surface area contributed by atoms with E-state index in [9.17, 15) is 18.0 Å². The predicted molar refractivity (Wildman–Crippen MR) is 132 cm³/mol. The van der Waals surface area contributed by atoms with Crippen molar-refractivity contribution >= 4 is 22.1 Å². The molecule has 0 N–H and O–H groups in total. The fourth-order valence-electron chi connectivity index (χ4n) is 4.00. The monoisotopic (exact) mass is 498 g/mol. The molecule has 0 aliphatic carbocycles. The molecular weight excluding hydrogens is 468 g/mol. The van der Waals surface area contributed by atoms with E-state index in [1.807, 2.05) is 26.8 Å². The van der Waals surface area contributed by atoms with Crippen LogP contribution in [-0.2, 0) is 43.8 Å². The molecule has 0 saturated heterocycles. The molecule has 0 atom stereocenters. The first-order chi connectivity index (χ1) is 16.6. The quantitative estimate of drug-likeness (QED) is 0.261. The van der Waals surface area contributed by atoms with Gasteiger partial charge in [0, 0.05) is 17.5 Å². The van der Waals surface area contributed by atoms with Crippen LogP contribution in [0.15, 0.2) is 53.5 Å². The molecule has 0 amide bonds. The lowest BCUT2D eigenvalue weighted by atomic mass is 9.88. The van der Waals surface area contributed by atoms with Crippen molar-refractivity contribution in [2.45, 2.75) is 58.0 Å². The summed E-state index contributed by atoms with van der Waals surface area (Å²) in [5.74, 6) is -0.938. The lowest BCUT2D eigenvalue weighted by Gasteiger charge is -2.20. The molecule has 0 radical (unpaired) electrons. The van der Waals surface area contributed by atoms with Crippen molar-refractivity contribution in [2.24, 2.45) is 0 Å². The lowest BCUT2D eigenvalue weighted by molar-refractivity contribution is -0.140. The Kier molecular flexibility index (Phi) is 8.17. The normalized spacial score (nSPS) is 13.3. The summed E-state index contributed by atoms with van der Waals surface area (Å²) in [6.45, 7) is 9.51. The van der Waals surface area contributed by atoms with Gasteiger partial charge in [0.05, 0.1) is 7.11 Å². The van der Waals surface area contributed by atoms with E-state index in [2.05, 4.69) is 6.58 Å². The molecule has 2 aromatic rings. The Morgan fingerprint density at radius 2 is 1.80 bits per heavy atom. The van der Waals surface area contributed by atoms with Gasteiger partial charge in [0.2, 0.25) is 0 Å². The van der Waals surface area contributed by atoms with Crippen LogP contribution < -0.4 is 4.18 Å². The number of benzene rings is 2. The first-order valence-corrected chi connectivity index (χ1v) is 12.7. The van der Waals surface area contributed by atoms with Crippen molar-refractivity contribution in [1.29, 1.82) is 0 Å². The molecule has 8 heteroatoms. The molecule has 0 unspecified atom stereocenters. The van der Waals surface area contributed by atoms with Crippen molar-refractivity contribution in [3.8, 4) is 5.75 Å². The summed E-state index contributed by atoms with van der Waals surface area (Å²) < 4.78 is 42.1. The molecule has 35 heavy (non-hydrogen) atoms. The van der Waals surface area contributed by atoms with Crippen LogP contribution in [0.5, 0.6) is 5.75 Å². The maximum Gasteiger partial charge on any atom is 0.342 e. The van der Waals surface area contributed by atoms with Gasteiger partial charge in [-0.25, -0.2) is 4.79 Å². The van der Waals surface area contributed by atoms with Gasteiger partial charge in [0.1, 0.15) is 17.1 Å². The summed E-state index contributed by atoms with van der Waals surface area (Å²) in [5, 5.41) is 0. The van der Waals surface area contributed by atoms with Crippen LogP contribution in [-0.4, -0.2) is 27.5 Å². The van der Waals surface area contributed by atoms with Crippen molar-refractivity contribution in [3.05, 3.63) is 82.0 Å². The van der Waals surface area contributed by atoms with E-state index in [1.54, 1.807) is 18.2 Å². The molecule has 0 spiro atoms. The fourth-order valence-corrected chi connectivity index (χ4v) is 4.97. The molecule has 0 fully saturated rings. The molecule has 3 rings (SSSR count). The predicted octanol–water partition coefficient (Wildman–Crippen LogP) is 4.91. The molecule has 7 nitrogen and oxygen atoms in total. The average Bonchev–Trinajstić information content (AvgIpc) is 3.21. The van der Waals surface area contributed by atoms with Crippen LogP contribution in [0.1, 0.15) is 57.9 Å². The zero-order valence-electron chi connectivity index (χ0n) is 20.5. The number of hydrogen-bond donors (Lipinski definition) is 0. The van der Waals surface area contributed by atoms with Gasteiger partial charge in [-0.2, -0.15) is 8.42 Å². The minimum absolute atomic E-state index is 0.00943. The highest BCUT2D eigenvalue weighted by molar-refractivity contribution is 7.87. The van der Waals surface area contributed by atoms with Gasteiger partial charge in [-0.15, -0.1) is 6.58 Å². The van der Waals surface area contributed by atoms with Gasteiger partial charge in [0.25, 0.3) is 0 Å². The summed E-state index contributed by atoms with van der Waals surface area (Å²) in [6, 6.07) is 6.31.